The summed E-state index contributed by atoms with van der Waals surface area (Å²) in [4.78, 5) is 49.0. The quantitative estimate of drug-likeness (QED) is 0.186. The fraction of sp³-hybridized carbons (Fsp3) is 0.174. The van der Waals surface area contributed by atoms with E-state index in [2.05, 4.69) is 0 Å². The van der Waals surface area contributed by atoms with Gasteiger partial charge in [0.25, 0.3) is 17.4 Å². The van der Waals surface area contributed by atoms with Crippen LogP contribution in [0.5, 0.6) is 5.75 Å². The third kappa shape index (κ3) is 3.42. The average molecular weight is 418 g/mol. The standard InChI is InChI=1S/C23H18N2O6/c1-13-12-23(2,3)24-20-17(13)10-16(11-18(20)21(27)22(24)28)31-19(26)9-6-14-4-7-15(8-5-14)25(29)30/h4-12H,1-3H3. The molecule has 2 aromatic rings. The molecule has 2 aliphatic heterocycles. The third-order valence-electron chi connectivity index (χ3n) is 5.25. The first-order valence-electron chi connectivity index (χ1n) is 9.49. The second-order valence-corrected chi connectivity index (χ2v) is 7.92. The molecule has 8 nitrogen and oxygen atoms in total. The van der Waals surface area contributed by atoms with E-state index >= 15 is 0 Å². The van der Waals surface area contributed by atoms with Gasteiger partial charge in [-0.15, -0.1) is 0 Å². The molecule has 8 heteroatoms. The Balaban J connectivity index is 1.60. The highest BCUT2D eigenvalue weighted by molar-refractivity contribution is 6.53. The van der Waals surface area contributed by atoms with E-state index in [4.69, 9.17) is 4.74 Å². The van der Waals surface area contributed by atoms with Crippen molar-refractivity contribution in [3.05, 3.63) is 75.4 Å². The minimum Gasteiger partial charge on any atom is -0.423 e. The number of ketones is 1. The van der Waals surface area contributed by atoms with Gasteiger partial charge in [0.05, 0.1) is 21.7 Å². The first-order chi connectivity index (χ1) is 14.6. The molecule has 0 aromatic heterocycles. The zero-order valence-electron chi connectivity index (χ0n) is 17.0. The molecule has 0 saturated carbocycles. The van der Waals surface area contributed by atoms with Crippen molar-refractivity contribution in [2.24, 2.45) is 0 Å². The molecule has 156 valence electrons. The van der Waals surface area contributed by atoms with Crippen molar-refractivity contribution in [2.45, 2.75) is 26.3 Å². The molecule has 2 aromatic carbocycles. The fourth-order valence-corrected chi connectivity index (χ4v) is 3.94. The molecule has 31 heavy (non-hydrogen) atoms. The van der Waals surface area contributed by atoms with E-state index in [1.165, 1.54) is 47.4 Å². The highest BCUT2D eigenvalue weighted by Gasteiger charge is 2.46. The molecule has 2 heterocycles. The summed E-state index contributed by atoms with van der Waals surface area (Å²) in [5.41, 5.74) is 2.19. The lowest BCUT2D eigenvalue weighted by atomic mass is 9.89. The molecule has 0 unspecified atom stereocenters. The molecule has 0 bridgehead atoms. The molecular weight excluding hydrogens is 400 g/mol. The number of ether oxygens (including phenoxy) is 1. The number of nitrogens with zero attached hydrogens (tertiary/aromatic N) is 2. The zero-order valence-corrected chi connectivity index (χ0v) is 17.0. The normalized spacial score (nSPS) is 16.4. The lowest BCUT2D eigenvalue weighted by molar-refractivity contribution is -0.384. The first kappa shape index (κ1) is 20.2. The van der Waals surface area contributed by atoms with Gasteiger partial charge in [0.1, 0.15) is 5.75 Å². The molecule has 0 spiro atoms. The maximum atomic E-state index is 12.5. The Morgan fingerprint density at radius 3 is 2.42 bits per heavy atom. The number of esters is 1. The number of nitro groups is 1. The molecule has 0 fully saturated rings. The zero-order chi connectivity index (χ0) is 22.5. The van der Waals surface area contributed by atoms with Crippen molar-refractivity contribution in [1.29, 1.82) is 0 Å². The van der Waals surface area contributed by atoms with Crippen molar-refractivity contribution in [2.75, 3.05) is 4.90 Å². The van der Waals surface area contributed by atoms with Crippen LogP contribution in [0.4, 0.5) is 11.4 Å². The number of allylic oxidation sites excluding steroid dienone is 1. The number of carbonyl (C=O) groups is 3. The molecule has 4 rings (SSSR count). The number of amides is 1. The van der Waals surface area contributed by atoms with Crippen LogP contribution in [-0.4, -0.2) is 28.1 Å². The van der Waals surface area contributed by atoms with Crippen LogP contribution in [0.2, 0.25) is 0 Å². The summed E-state index contributed by atoms with van der Waals surface area (Å²) in [5, 5.41) is 10.7. The number of anilines is 1. The summed E-state index contributed by atoms with van der Waals surface area (Å²) < 4.78 is 5.37. The Hall–Kier alpha value is -4.07. The molecular formula is C23H18N2O6. The van der Waals surface area contributed by atoms with Crippen LogP contribution in [0.25, 0.3) is 11.6 Å². The monoisotopic (exact) mass is 418 g/mol. The predicted octanol–water partition coefficient (Wildman–Crippen LogP) is 3.94. The number of nitro benzene ring substituents is 1. The molecule has 0 aliphatic carbocycles. The van der Waals surface area contributed by atoms with E-state index in [0.29, 0.717) is 16.8 Å². The topological polar surface area (TPSA) is 107 Å². The van der Waals surface area contributed by atoms with E-state index in [1.54, 1.807) is 6.07 Å². The number of hydrogen-bond donors (Lipinski definition) is 0. The summed E-state index contributed by atoms with van der Waals surface area (Å²) in [6.07, 6.45) is 4.55. The molecule has 0 atom stereocenters. The summed E-state index contributed by atoms with van der Waals surface area (Å²) in [7, 11) is 0. The summed E-state index contributed by atoms with van der Waals surface area (Å²) in [5.74, 6) is -1.77. The van der Waals surface area contributed by atoms with Crippen LogP contribution in [-0.2, 0) is 9.59 Å². The summed E-state index contributed by atoms with van der Waals surface area (Å²) in [6, 6.07) is 8.73. The Bertz CT molecular complexity index is 1220. The second kappa shape index (κ2) is 7.02. The van der Waals surface area contributed by atoms with E-state index in [1.807, 2.05) is 26.8 Å². The Labute approximate surface area is 177 Å². The van der Waals surface area contributed by atoms with Crippen molar-refractivity contribution < 1.29 is 24.0 Å². The smallest absolute Gasteiger partial charge is 0.336 e. The Morgan fingerprint density at radius 1 is 1.13 bits per heavy atom. The SMILES string of the molecule is CC1=CC(C)(C)N2C(=O)C(=O)c3cc(OC(=O)C=Cc4ccc([N+](=O)[O-])cc4)cc1c32. The second-order valence-electron chi connectivity index (χ2n) is 7.92. The summed E-state index contributed by atoms with van der Waals surface area (Å²) >= 11 is 0. The van der Waals surface area contributed by atoms with E-state index in [0.717, 1.165) is 5.57 Å². The van der Waals surface area contributed by atoms with Crippen LogP contribution >= 0.6 is 0 Å². The minimum atomic E-state index is -0.683. The van der Waals surface area contributed by atoms with E-state index in [9.17, 15) is 24.5 Å². The van der Waals surface area contributed by atoms with Gasteiger partial charge in [-0.2, -0.15) is 0 Å². The van der Waals surface area contributed by atoms with Gasteiger partial charge in [-0.05, 0) is 62.2 Å². The largest absolute Gasteiger partial charge is 0.423 e. The van der Waals surface area contributed by atoms with Crippen molar-refractivity contribution in [3.63, 3.8) is 0 Å². The van der Waals surface area contributed by atoms with Gasteiger partial charge < -0.3 is 4.74 Å². The Morgan fingerprint density at radius 2 is 1.77 bits per heavy atom. The van der Waals surface area contributed by atoms with Gasteiger partial charge in [-0.1, -0.05) is 6.08 Å². The van der Waals surface area contributed by atoms with E-state index in [-0.39, 0.29) is 17.0 Å². The van der Waals surface area contributed by atoms with Crippen molar-refractivity contribution >= 4 is 40.7 Å². The molecule has 0 N–H and O–H groups in total. The first-order valence-corrected chi connectivity index (χ1v) is 9.49. The fourth-order valence-electron chi connectivity index (χ4n) is 3.94. The van der Waals surface area contributed by atoms with Crippen LogP contribution in [0, 0.1) is 10.1 Å². The third-order valence-corrected chi connectivity index (χ3v) is 5.25. The van der Waals surface area contributed by atoms with Crippen LogP contribution in [0.3, 0.4) is 0 Å². The van der Waals surface area contributed by atoms with Crippen LogP contribution in [0.1, 0.15) is 42.3 Å². The van der Waals surface area contributed by atoms with Gasteiger partial charge in [-0.25, -0.2) is 4.79 Å². The van der Waals surface area contributed by atoms with Gasteiger partial charge in [-0.3, -0.25) is 24.6 Å². The predicted molar refractivity (Wildman–Crippen MR) is 114 cm³/mol. The number of hydrogen-bond acceptors (Lipinski definition) is 6. The maximum absolute atomic E-state index is 12.5. The van der Waals surface area contributed by atoms with Gasteiger partial charge in [0, 0.05) is 23.8 Å². The highest BCUT2D eigenvalue weighted by Crippen LogP contribution is 2.46. The maximum Gasteiger partial charge on any atom is 0.336 e. The van der Waals surface area contributed by atoms with Crippen LogP contribution in [0.15, 0.2) is 48.6 Å². The summed E-state index contributed by atoms with van der Waals surface area (Å²) in [6.45, 7) is 5.59. The van der Waals surface area contributed by atoms with Crippen LogP contribution < -0.4 is 9.64 Å². The Kier molecular flexibility index (Phi) is 4.57. The minimum absolute atomic E-state index is 0.0494. The molecule has 2 aliphatic rings. The number of rotatable bonds is 4. The van der Waals surface area contributed by atoms with Crippen molar-refractivity contribution in [1.82, 2.24) is 0 Å². The van der Waals surface area contributed by atoms with Gasteiger partial charge in [0.2, 0.25) is 0 Å². The molecule has 1 amide bonds. The molecule has 0 saturated heterocycles. The lowest BCUT2D eigenvalue weighted by Gasteiger charge is -2.38. The number of benzene rings is 2. The van der Waals surface area contributed by atoms with E-state index < -0.39 is 28.1 Å². The molecule has 0 radical (unpaired) electrons. The van der Waals surface area contributed by atoms with Gasteiger partial charge in [0.15, 0.2) is 0 Å². The highest BCUT2D eigenvalue weighted by atomic mass is 16.6. The average Bonchev–Trinajstić information content (AvgIpc) is 2.96. The number of carbonyl (C=O) groups excluding carboxylic acids is 3. The van der Waals surface area contributed by atoms with Crippen molar-refractivity contribution in [3.8, 4) is 5.75 Å². The number of Topliss-reactive ketones (excluding diaryl/α,β-unsaturated/α-hetero) is 1. The number of non-ortho nitro benzene ring substituents is 1. The lowest BCUT2D eigenvalue weighted by Crippen LogP contribution is -2.47. The van der Waals surface area contributed by atoms with Gasteiger partial charge >= 0.3 is 5.97 Å².